The summed E-state index contributed by atoms with van der Waals surface area (Å²) in [5.74, 6) is 1.35. The molecule has 2 heterocycles. The van der Waals surface area contributed by atoms with Gasteiger partial charge in [0.25, 0.3) is 5.69 Å². The summed E-state index contributed by atoms with van der Waals surface area (Å²) in [6.07, 6.45) is 1.60. The Morgan fingerprint density at radius 3 is 2.95 bits per heavy atom. The maximum absolute atomic E-state index is 10.8. The molecule has 9 nitrogen and oxygen atoms in total. The molecule has 0 bridgehead atoms. The molecular formula is C13H12N6O3. The lowest BCUT2D eigenvalue weighted by Crippen LogP contribution is -2.16. The molecule has 9 heteroatoms. The number of nitrogens with zero attached hydrogens (tertiary/aromatic N) is 5. The van der Waals surface area contributed by atoms with E-state index in [1.807, 2.05) is 12.1 Å². The van der Waals surface area contributed by atoms with Crippen LogP contribution in [0.25, 0.3) is 5.69 Å². The monoisotopic (exact) mass is 300 g/mol. The van der Waals surface area contributed by atoms with Gasteiger partial charge in [-0.25, -0.2) is 0 Å². The van der Waals surface area contributed by atoms with E-state index in [-0.39, 0.29) is 5.69 Å². The molecule has 1 N–H and O–H groups in total. The minimum absolute atomic E-state index is 0.0116. The molecule has 22 heavy (non-hydrogen) atoms. The molecule has 0 aliphatic heterocycles. The Hall–Kier alpha value is -3.07. The van der Waals surface area contributed by atoms with Crippen LogP contribution in [-0.4, -0.2) is 25.1 Å². The zero-order chi connectivity index (χ0) is 15.4. The average molecular weight is 300 g/mol. The van der Waals surface area contributed by atoms with E-state index in [1.165, 1.54) is 16.8 Å². The van der Waals surface area contributed by atoms with E-state index >= 15 is 0 Å². The second-order valence-corrected chi connectivity index (χ2v) is 4.47. The Balaban J connectivity index is 1.74. The predicted octanol–water partition coefficient (Wildman–Crippen LogP) is 1.45. The van der Waals surface area contributed by atoms with E-state index in [1.54, 1.807) is 18.4 Å². The molecule has 0 saturated heterocycles. The van der Waals surface area contributed by atoms with Crippen molar-refractivity contribution in [3.8, 4) is 5.69 Å². The van der Waals surface area contributed by atoms with Gasteiger partial charge in [-0.05, 0) is 28.6 Å². The molecule has 0 aliphatic rings. The predicted molar refractivity (Wildman–Crippen MR) is 75.1 cm³/mol. The highest BCUT2D eigenvalue weighted by atomic mass is 16.6. The van der Waals surface area contributed by atoms with Crippen molar-refractivity contribution in [1.29, 1.82) is 0 Å². The number of nitro groups is 1. The van der Waals surface area contributed by atoms with Gasteiger partial charge in [0.2, 0.25) is 0 Å². The molecule has 0 spiro atoms. The first-order valence-corrected chi connectivity index (χ1v) is 6.49. The quantitative estimate of drug-likeness (QED) is 0.541. The third-order valence-electron chi connectivity index (χ3n) is 2.98. The first kappa shape index (κ1) is 13.9. The molecule has 1 aromatic carbocycles. The van der Waals surface area contributed by atoms with E-state index in [4.69, 9.17) is 4.42 Å². The highest BCUT2D eigenvalue weighted by Gasteiger charge is 2.12. The van der Waals surface area contributed by atoms with Gasteiger partial charge >= 0.3 is 0 Å². The summed E-state index contributed by atoms with van der Waals surface area (Å²) in [5.41, 5.74) is 0.525. The Bertz CT molecular complexity index is 768. The normalized spacial score (nSPS) is 10.7. The lowest BCUT2D eigenvalue weighted by molar-refractivity contribution is -0.384. The molecule has 0 amide bonds. The second kappa shape index (κ2) is 6.14. The topological polar surface area (TPSA) is 112 Å². The summed E-state index contributed by atoms with van der Waals surface area (Å²) >= 11 is 0. The second-order valence-electron chi connectivity index (χ2n) is 4.47. The molecule has 112 valence electrons. The largest absolute Gasteiger partial charge is 0.468 e. The number of benzene rings is 1. The smallest absolute Gasteiger partial charge is 0.271 e. The van der Waals surface area contributed by atoms with E-state index in [9.17, 15) is 10.1 Å². The zero-order valence-corrected chi connectivity index (χ0v) is 11.4. The van der Waals surface area contributed by atoms with Crippen molar-refractivity contribution in [2.75, 3.05) is 0 Å². The van der Waals surface area contributed by atoms with Crippen molar-refractivity contribution in [2.24, 2.45) is 0 Å². The number of hydrogen-bond acceptors (Lipinski definition) is 7. The van der Waals surface area contributed by atoms with Crippen molar-refractivity contribution >= 4 is 5.69 Å². The minimum Gasteiger partial charge on any atom is -0.468 e. The number of nitrogens with one attached hydrogen (secondary N) is 1. The van der Waals surface area contributed by atoms with Crippen LogP contribution in [0.15, 0.2) is 47.1 Å². The summed E-state index contributed by atoms with van der Waals surface area (Å²) in [7, 11) is 0. The molecule has 0 aliphatic carbocycles. The Morgan fingerprint density at radius 1 is 1.27 bits per heavy atom. The van der Waals surface area contributed by atoms with Gasteiger partial charge in [0, 0.05) is 12.1 Å². The fourth-order valence-electron chi connectivity index (χ4n) is 1.97. The van der Waals surface area contributed by atoms with Gasteiger partial charge in [-0.3, -0.25) is 10.1 Å². The molecule has 3 rings (SSSR count). The van der Waals surface area contributed by atoms with Gasteiger partial charge in [-0.2, -0.15) is 4.68 Å². The van der Waals surface area contributed by atoms with Gasteiger partial charge in [0.1, 0.15) is 5.76 Å². The lowest BCUT2D eigenvalue weighted by Gasteiger charge is -2.05. The highest BCUT2D eigenvalue weighted by Crippen LogP contribution is 2.16. The fourth-order valence-corrected chi connectivity index (χ4v) is 1.97. The summed E-state index contributed by atoms with van der Waals surface area (Å²) in [6, 6.07) is 9.81. The van der Waals surface area contributed by atoms with Crippen LogP contribution in [0, 0.1) is 10.1 Å². The van der Waals surface area contributed by atoms with Gasteiger partial charge in [0.05, 0.1) is 30.0 Å². The molecule has 0 atom stereocenters. The first-order chi connectivity index (χ1) is 10.7. The number of hydrogen-bond donors (Lipinski definition) is 1. The van der Waals surface area contributed by atoms with Crippen LogP contribution in [0.4, 0.5) is 5.69 Å². The van der Waals surface area contributed by atoms with Crippen molar-refractivity contribution in [3.05, 3.63) is 64.4 Å². The van der Waals surface area contributed by atoms with Crippen LogP contribution in [-0.2, 0) is 13.1 Å². The fraction of sp³-hybridized carbons (Fsp3) is 0.154. The van der Waals surface area contributed by atoms with Gasteiger partial charge in [0.15, 0.2) is 5.82 Å². The van der Waals surface area contributed by atoms with E-state index in [0.29, 0.717) is 24.6 Å². The Morgan fingerprint density at radius 2 is 2.18 bits per heavy atom. The Kier molecular flexibility index (Phi) is 3.88. The van der Waals surface area contributed by atoms with Crippen molar-refractivity contribution in [2.45, 2.75) is 13.1 Å². The van der Waals surface area contributed by atoms with Crippen LogP contribution in [0.3, 0.4) is 0 Å². The van der Waals surface area contributed by atoms with Crippen LogP contribution >= 0.6 is 0 Å². The average Bonchev–Trinajstić information content (AvgIpc) is 3.19. The highest BCUT2D eigenvalue weighted by molar-refractivity contribution is 5.42. The molecule has 0 fully saturated rings. The number of non-ortho nitro benzene ring substituents is 1. The van der Waals surface area contributed by atoms with E-state index < -0.39 is 4.92 Å². The maximum atomic E-state index is 10.8. The molecule has 2 aromatic heterocycles. The number of furan rings is 1. The van der Waals surface area contributed by atoms with Crippen LogP contribution < -0.4 is 5.32 Å². The third kappa shape index (κ3) is 2.99. The van der Waals surface area contributed by atoms with Crippen LogP contribution in [0.5, 0.6) is 0 Å². The molecule has 0 unspecified atom stereocenters. The number of tetrazole rings is 1. The van der Waals surface area contributed by atoms with Crippen LogP contribution in [0.1, 0.15) is 11.6 Å². The van der Waals surface area contributed by atoms with Crippen molar-refractivity contribution in [3.63, 3.8) is 0 Å². The number of rotatable bonds is 6. The van der Waals surface area contributed by atoms with Gasteiger partial charge < -0.3 is 9.73 Å². The minimum atomic E-state index is -0.456. The third-order valence-corrected chi connectivity index (χ3v) is 2.98. The van der Waals surface area contributed by atoms with Crippen molar-refractivity contribution < 1.29 is 9.34 Å². The lowest BCUT2D eigenvalue weighted by atomic mass is 10.3. The molecule has 0 radical (unpaired) electrons. The molecule has 3 aromatic rings. The SMILES string of the molecule is O=[N+]([O-])c1cccc(-n2nnnc2CNCc2ccco2)c1. The van der Waals surface area contributed by atoms with E-state index in [2.05, 4.69) is 20.8 Å². The summed E-state index contributed by atoms with van der Waals surface area (Å²) < 4.78 is 6.67. The summed E-state index contributed by atoms with van der Waals surface area (Å²) in [4.78, 5) is 10.4. The first-order valence-electron chi connectivity index (χ1n) is 6.49. The summed E-state index contributed by atoms with van der Waals surface area (Å²) in [5, 5.41) is 25.4. The maximum Gasteiger partial charge on any atom is 0.271 e. The number of aromatic nitrogens is 4. The van der Waals surface area contributed by atoms with Gasteiger partial charge in [-0.15, -0.1) is 5.10 Å². The van der Waals surface area contributed by atoms with Crippen LogP contribution in [0.2, 0.25) is 0 Å². The standard InChI is InChI=1S/C13H12N6O3/c20-19(21)11-4-1-3-10(7-11)18-13(15-16-17-18)9-14-8-12-5-2-6-22-12/h1-7,14H,8-9H2. The Labute approximate surface area is 124 Å². The van der Waals surface area contributed by atoms with Crippen molar-refractivity contribution in [1.82, 2.24) is 25.5 Å². The molecular weight excluding hydrogens is 288 g/mol. The zero-order valence-electron chi connectivity index (χ0n) is 11.4. The van der Waals surface area contributed by atoms with E-state index in [0.717, 1.165) is 5.76 Å². The van der Waals surface area contributed by atoms with Gasteiger partial charge in [-0.1, -0.05) is 6.07 Å². The summed E-state index contributed by atoms with van der Waals surface area (Å²) in [6.45, 7) is 0.936. The number of nitro benzene ring substituents is 1. The molecule has 0 saturated carbocycles.